The molecule has 0 unspecified atom stereocenters. The van der Waals surface area contributed by atoms with Crippen LogP contribution in [0.4, 0.5) is 0 Å². The number of fused-ring (bicyclic) bond motifs is 1. The molecule has 94 valence electrons. The van der Waals surface area contributed by atoms with Gasteiger partial charge in [-0.3, -0.25) is 4.79 Å². The molecular weight excluding hydrogens is 236 g/mol. The number of Topliss-reactive ketones (excluding diaryl/α,β-unsaturated/α-hetero) is 1. The molecule has 0 saturated carbocycles. The lowest BCUT2D eigenvalue weighted by Gasteiger charge is -2.09. The number of allylic oxidation sites excluding steroid dienone is 1. The lowest BCUT2D eigenvalue weighted by atomic mass is 10.1. The van der Waals surface area contributed by atoms with Crippen LogP contribution >= 0.6 is 0 Å². The van der Waals surface area contributed by atoms with Gasteiger partial charge >= 0.3 is 5.97 Å². The molecule has 2 rings (SSSR count). The molecule has 0 bridgehead atoms. The van der Waals surface area contributed by atoms with Gasteiger partial charge in [0.1, 0.15) is 11.5 Å². The minimum Gasteiger partial charge on any atom is -0.508 e. The molecule has 0 atom stereocenters. The maximum absolute atomic E-state index is 11.8. The number of esters is 1. The van der Waals surface area contributed by atoms with Crippen molar-refractivity contribution in [2.75, 3.05) is 6.61 Å². The molecule has 1 aliphatic heterocycles. The third kappa shape index (κ3) is 2.34. The fraction of sp³-hybridized carbons (Fsp3) is 0.231. The second-order valence-corrected chi connectivity index (χ2v) is 3.70. The van der Waals surface area contributed by atoms with Crippen LogP contribution in [0.15, 0.2) is 30.0 Å². The van der Waals surface area contributed by atoms with Gasteiger partial charge < -0.3 is 14.6 Å². The number of rotatable bonds is 2. The number of phenols is 1. The van der Waals surface area contributed by atoms with Crippen LogP contribution < -0.4 is 4.74 Å². The third-order valence-corrected chi connectivity index (χ3v) is 2.43. The van der Waals surface area contributed by atoms with Gasteiger partial charge in [-0.1, -0.05) is 0 Å². The molecule has 1 heterocycles. The summed E-state index contributed by atoms with van der Waals surface area (Å²) in [5, 5.41) is 9.34. The number of carbonyl (C=O) groups is 2. The van der Waals surface area contributed by atoms with Gasteiger partial charge in [-0.25, -0.2) is 4.79 Å². The van der Waals surface area contributed by atoms with Crippen molar-refractivity contribution in [2.24, 2.45) is 0 Å². The van der Waals surface area contributed by atoms with E-state index in [0.29, 0.717) is 0 Å². The Morgan fingerprint density at radius 2 is 2.28 bits per heavy atom. The fourth-order valence-electron chi connectivity index (χ4n) is 1.61. The van der Waals surface area contributed by atoms with Crippen molar-refractivity contribution in [3.8, 4) is 11.5 Å². The van der Waals surface area contributed by atoms with E-state index in [9.17, 15) is 14.7 Å². The minimum absolute atomic E-state index is 0.00496. The van der Waals surface area contributed by atoms with Crippen LogP contribution in [0.3, 0.4) is 0 Å². The summed E-state index contributed by atoms with van der Waals surface area (Å²) in [5.74, 6) is -0.610. The van der Waals surface area contributed by atoms with E-state index in [1.165, 1.54) is 24.3 Å². The summed E-state index contributed by atoms with van der Waals surface area (Å²) in [7, 11) is 0. The Balaban J connectivity index is 2.34. The summed E-state index contributed by atoms with van der Waals surface area (Å²) in [5.41, 5.74) is 0.255. The quantitative estimate of drug-likeness (QED) is 0.808. The van der Waals surface area contributed by atoms with E-state index < -0.39 is 5.97 Å². The van der Waals surface area contributed by atoms with Crippen LogP contribution in [0.2, 0.25) is 0 Å². The topological polar surface area (TPSA) is 72.8 Å². The van der Waals surface area contributed by atoms with E-state index in [1.807, 2.05) is 0 Å². The van der Waals surface area contributed by atoms with Crippen molar-refractivity contribution in [3.63, 3.8) is 0 Å². The molecule has 5 heteroatoms. The molecule has 0 aliphatic carbocycles. The highest BCUT2D eigenvalue weighted by Crippen LogP contribution is 2.29. The van der Waals surface area contributed by atoms with E-state index in [0.717, 1.165) is 0 Å². The average molecular weight is 248 g/mol. The molecule has 0 amide bonds. The molecule has 0 saturated heterocycles. The first-order valence-electron chi connectivity index (χ1n) is 5.53. The Kier molecular flexibility index (Phi) is 3.32. The van der Waals surface area contributed by atoms with Crippen LogP contribution in [0.1, 0.15) is 23.7 Å². The number of carbonyl (C=O) groups excluding carboxylic acids is 2. The summed E-state index contributed by atoms with van der Waals surface area (Å²) in [6.45, 7) is 1.92. The summed E-state index contributed by atoms with van der Waals surface area (Å²) < 4.78 is 10.2. The van der Waals surface area contributed by atoms with E-state index in [4.69, 9.17) is 9.47 Å². The summed E-state index contributed by atoms with van der Waals surface area (Å²) >= 11 is 0. The zero-order valence-electron chi connectivity index (χ0n) is 9.80. The molecule has 1 aromatic carbocycles. The SMILES string of the molecule is CCOC(=O)C1=CCC(=O)c2cc(O)ccc2O1. The van der Waals surface area contributed by atoms with Gasteiger partial charge in [-0.05, 0) is 31.2 Å². The number of hydrogen-bond donors (Lipinski definition) is 1. The van der Waals surface area contributed by atoms with Gasteiger partial charge in [-0.2, -0.15) is 0 Å². The second-order valence-electron chi connectivity index (χ2n) is 3.70. The summed E-state index contributed by atoms with van der Waals surface area (Å²) in [6, 6.07) is 4.15. The van der Waals surface area contributed by atoms with Gasteiger partial charge in [-0.15, -0.1) is 0 Å². The Morgan fingerprint density at radius 3 is 3.00 bits per heavy atom. The monoisotopic (exact) mass is 248 g/mol. The predicted molar refractivity (Wildman–Crippen MR) is 62.4 cm³/mol. The van der Waals surface area contributed by atoms with E-state index >= 15 is 0 Å². The number of phenolic OH excluding ortho intramolecular Hbond substituents is 1. The van der Waals surface area contributed by atoms with E-state index in [2.05, 4.69) is 0 Å². The normalized spacial score (nSPS) is 14.1. The summed E-state index contributed by atoms with van der Waals surface area (Å²) in [4.78, 5) is 23.4. The largest absolute Gasteiger partial charge is 0.508 e. The molecule has 1 N–H and O–H groups in total. The number of hydrogen-bond acceptors (Lipinski definition) is 5. The molecule has 1 aromatic rings. The molecule has 0 spiro atoms. The first kappa shape index (κ1) is 12.2. The molecule has 18 heavy (non-hydrogen) atoms. The first-order valence-corrected chi connectivity index (χ1v) is 5.53. The zero-order chi connectivity index (χ0) is 13.1. The van der Waals surface area contributed by atoms with Crippen molar-refractivity contribution in [2.45, 2.75) is 13.3 Å². The minimum atomic E-state index is -0.605. The highest BCUT2D eigenvalue weighted by atomic mass is 16.6. The van der Waals surface area contributed by atoms with Crippen molar-refractivity contribution < 1.29 is 24.2 Å². The highest BCUT2D eigenvalue weighted by molar-refractivity contribution is 6.02. The smallest absolute Gasteiger partial charge is 0.373 e. The lowest BCUT2D eigenvalue weighted by Crippen LogP contribution is -2.12. The highest BCUT2D eigenvalue weighted by Gasteiger charge is 2.22. The van der Waals surface area contributed by atoms with Crippen molar-refractivity contribution >= 4 is 11.8 Å². The average Bonchev–Trinajstić information content (AvgIpc) is 2.50. The van der Waals surface area contributed by atoms with Crippen molar-refractivity contribution in [1.82, 2.24) is 0 Å². The molecule has 0 fully saturated rings. The Hall–Kier alpha value is -2.30. The maximum atomic E-state index is 11.8. The van der Waals surface area contributed by atoms with Gasteiger partial charge in [0.25, 0.3) is 0 Å². The Bertz CT molecular complexity index is 530. The molecule has 0 aromatic heterocycles. The lowest BCUT2D eigenvalue weighted by molar-refractivity contribution is -0.141. The van der Waals surface area contributed by atoms with Crippen molar-refractivity contribution in [3.05, 3.63) is 35.6 Å². The van der Waals surface area contributed by atoms with Crippen LogP contribution in [0.5, 0.6) is 11.5 Å². The molecule has 5 nitrogen and oxygen atoms in total. The molecule has 0 radical (unpaired) electrons. The number of ketones is 1. The van der Waals surface area contributed by atoms with Crippen molar-refractivity contribution in [1.29, 1.82) is 0 Å². The number of aromatic hydroxyl groups is 1. The van der Waals surface area contributed by atoms with Crippen LogP contribution in [-0.2, 0) is 9.53 Å². The Morgan fingerprint density at radius 1 is 1.50 bits per heavy atom. The van der Waals surface area contributed by atoms with Crippen LogP contribution in [0.25, 0.3) is 0 Å². The van der Waals surface area contributed by atoms with Gasteiger partial charge in [0, 0.05) is 6.42 Å². The van der Waals surface area contributed by atoms with Gasteiger partial charge in [0.2, 0.25) is 5.76 Å². The van der Waals surface area contributed by atoms with Gasteiger partial charge in [0.15, 0.2) is 5.78 Å². The maximum Gasteiger partial charge on any atom is 0.373 e. The second kappa shape index (κ2) is 4.91. The van der Waals surface area contributed by atoms with E-state index in [1.54, 1.807) is 6.92 Å². The van der Waals surface area contributed by atoms with E-state index in [-0.39, 0.29) is 41.6 Å². The van der Waals surface area contributed by atoms with Crippen LogP contribution in [-0.4, -0.2) is 23.5 Å². The fourth-order valence-corrected chi connectivity index (χ4v) is 1.61. The predicted octanol–water partition coefficient (Wildman–Crippen LogP) is 1.80. The number of benzene rings is 1. The summed E-state index contributed by atoms with van der Waals surface area (Å²) in [6.07, 6.45) is 1.42. The van der Waals surface area contributed by atoms with Gasteiger partial charge in [0.05, 0.1) is 12.2 Å². The first-order chi connectivity index (χ1) is 8.61. The standard InChI is InChI=1S/C13H12O5/c1-2-17-13(16)12-6-4-10(15)9-7-8(14)3-5-11(9)18-12/h3,5-7,14H,2,4H2,1H3. The van der Waals surface area contributed by atoms with Crippen LogP contribution in [0, 0.1) is 0 Å². The third-order valence-electron chi connectivity index (χ3n) is 2.43. The Labute approximate surface area is 104 Å². The molecular formula is C13H12O5. The molecule has 1 aliphatic rings. The number of ether oxygens (including phenoxy) is 2. The zero-order valence-corrected chi connectivity index (χ0v) is 9.80.